The highest BCUT2D eigenvalue weighted by Crippen LogP contribution is 2.28. The number of sulfonamides is 1. The fourth-order valence-electron chi connectivity index (χ4n) is 3.62. The van der Waals surface area contributed by atoms with Crippen molar-refractivity contribution >= 4 is 33.2 Å². The average Bonchev–Trinajstić information content (AvgIpc) is 2.82. The summed E-state index contributed by atoms with van der Waals surface area (Å²) in [5.74, 6) is 0.460. The number of nitrogens with zero attached hydrogens (tertiary/aromatic N) is 1. The van der Waals surface area contributed by atoms with E-state index in [2.05, 4.69) is 5.32 Å². The van der Waals surface area contributed by atoms with Gasteiger partial charge in [-0.25, -0.2) is 8.42 Å². The summed E-state index contributed by atoms with van der Waals surface area (Å²) in [5.41, 5.74) is 2.14. The van der Waals surface area contributed by atoms with Gasteiger partial charge in [0.05, 0.1) is 17.2 Å². The zero-order valence-electron chi connectivity index (χ0n) is 19.3. The minimum Gasteiger partial charge on any atom is -0.494 e. The number of amides is 1. The molecule has 0 fully saturated rings. The molecular formula is C26H29ClN2O4S. The predicted molar refractivity (Wildman–Crippen MR) is 136 cm³/mol. The van der Waals surface area contributed by atoms with Crippen molar-refractivity contribution in [2.75, 3.05) is 24.0 Å². The van der Waals surface area contributed by atoms with Crippen LogP contribution in [0.4, 0.5) is 5.69 Å². The van der Waals surface area contributed by atoms with E-state index < -0.39 is 10.0 Å². The van der Waals surface area contributed by atoms with E-state index in [1.807, 2.05) is 31.2 Å². The van der Waals surface area contributed by atoms with Crippen LogP contribution in [0.2, 0.25) is 5.02 Å². The van der Waals surface area contributed by atoms with Crippen LogP contribution in [0.25, 0.3) is 0 Å². The maximum absolute atomic E-state index is 13.4. The van der Waals surface area contributed by atoms with Crippen molar-refractivity contribution in [3.05, 3.63) is 88.9 Å². The molecule has 6 nitrogen and oxygen atoms in total. The number of para-hydroxylation sites is 1. The van der Waals surface area contributed by atoms with Gasteiger partial charge in [0.2, 0.25) is 5.91 Å². The number of aryl methyl sites for hydroxylation is 2. The molecule has 34 heavy (non-hydrogen) atoms. The van der Waals surface area contributed by atoms with Crippen molar-refractivity contribution in [2.45, 2.75) is 31.6 Å². The summed E-state index contributed by atoms with van der Waals surface area (Å²) in [4.78, 5) is 12.9. The number of rotatable bonds is 11. The second kappa shape index (κ2) is 11.9. The Morgan fingerprint density at radius 3 is 2.44 bits per heavy atom. The quantitative estimate of drug-likeness (QED) is 0.376. The van der Waals surface area contributed by atoms with Crippen molar-refractivity contribution < 1.29 is 17.9 Å². The molecule has 0 bridgehead atoms. The molecule has 0 aliphatic rings. The third kappa shape index (κ3) is 6.52. The summed E-state index contributed by atoms with van der Waals surface area (Å²) >= 11 is 6.07. The van der Waals surface area contributed by atoms with Gasteiger partial charge in [0.25, 0.3) is 10.0 Å². The lowest BCUT2D eigenvalue weighted by atomic mass is 10.1. The molecule has 3 rings (SSSR count). The van der Waals surface area contributed by atoms with Gasteiger partial charge >= 0.3 is 0 Å². The van der Waals surface area contributed by atoms with Crippen LogP contribution in [0.1, 0.15) is 24.5 Å². The number of anilines is 1. The Labute approximate surface area is 206 Å². The molecule has 0 saturated carbocycles. The lowest BCUT2D eigenvalue weighted by molar-refractivity contribution is -0.119. The molecule has 8 heteroatoms. The molecule has 0 spiro atoms. The molecule has 0 saturated heterocycles. The number of benzene rings is 3. The van der Waals surface area contributed by atoms with E-state index in [1.54, 1.807) is 43.3 Å². The fraction of sp³-hybridized carbons (Fsp3) is 0.269. The van der Waals surface area contributed by atoms with Crippen LogP contribution in [0.5, 0.6) is 5.75 Å². The first kappa shape index (κ1) is 25.6. The lowest BCUT2D eigenvalue weighted by Gasteiger charge is -2.25. The standard InChI is InChI=1S/C26H29ClN2O4S/c1-3-33-25-14-8-7-10-21(25)11-9-17-28-26(30)19-29(24-16-15-22(27)18-20(24)2)34(31,32)23-12-5-4-6-13-23/h4-8,10,12-16,18H,3,9,11,17,19H2,1-2H3,(H,28,30). The first-order chi connectivity index (χ1) is 16.3. The molecule has 0 atom stereocenters. The molecule has 0 unspecified atom stereocenters. The number of ether oxygens (including phenoxy) is 1. The van der Waals surface area contributed by atoms with Crippen molar-refractivity contribution in [1.29, 1.82) is 0 Å². The third-order valence-electron chi connectivity index (χ3n) is 5.26. The summed E-state index contributed by atoms with van der Waals surface area (Å²) in [6.07, 6.45) is 1.43. The molecule has 3 aromatic carbocycles. The van der Waals surface area contributed by atoms with Crippen LogP contribution in [0.3, 0.4) is 0 Å². The highest BCUT2D eigenvalue weighted by molar-refractivity contribution is 7.92. The molecular weight excluding hydrogens is 472 g/mol. The zero-order valence-corrected chi connectivity index (χ0v) is 20.9. The summed E-state index contributed by atoms with van der Waals surface area (Å²) < 4.78 is 33.6. The maximum atomic E-state index is 13.4. The van der Waals surface area contributed by atoms with Crippen LogP contribution < -0.4 is 14.4 Å². The van der Waals surface area contributed by atoms with Gasteiger partial charge in [-0.05, 0) is 74.2 Å². The van der Waals surface area contributed by atoms with E-state index in [9.17, 15) is 13.2 Å². The topological polar surface area (TPSA) is 75.7 Å². The Kier molecular flexibility index (Phi) is 8.96. The van der Waals surface area contributed by atoms with Crippen LogP contribution in [-0.4, -0.2) is 34.0 Å². The predicted octanol–water partition coefficient (Wildman–Crippen LogP) is 4.99. The van der Waals surface area contributed by atoms with E-state index >= 15 is 0 Å². The van der Waals surface area contributed by atoms with Gasteiger partial charge in [-0.1, -0.05) is 48.0 Å². The Balaban J connectivity index is 1.71. The Hall–Kier alpha value is -3.03. The minimum absolute atomic E-state index is 0.115. The summed E-state index contributed by atoms with van der Waals surface area (Å²) in [7, 11) is -3.96. The fourth-order valence-corrected chi connectivity index (χ4v) is 5.35. The monoisotopic (exact) mass is 500 g/mol. The van der Waals surface area contributed by atoms with Crippen molar-refractivity contribution in [3.63, 3.8) is 0 Å². The molecule has 3 aromatic rings. The van der Waals surface area contributed by atoms with Crippen molar-refractivity contribution in [3.8, 4) is 5.75 Å². The number of carbonyl (C=O) groups is 1. The molecule has 1 amide bonds. The van der Waals surface area contributed by atoms with Gasteiger partial charge in [0, 0.05) is 11.6 Å². The Bertz CT molecular complexity index is 1220. The third-order valence-corrected chi connectivity index (χ3v) is 7.27. The Morgan fingerprint density at radius 2 is 1.74 bits per heavy atom. The number of nitrogens with one attached hydrogen (secondary N) is 1. The molecule has 1 N–H and O–H groups in total. The van der Waals surface area contributed by atoms with Crippen LogP contribution in [-0.2, 0) is 21.2 Å². The van der Waals surface area contributed by atoms with Gasteiger partial charge in [-0.15, -0.1) is 0 Å². The lowest BCUT2D eigenvalue weighted by Crippen LogP contribution is -2.41. The van der Waals surface area contributed by atoms with Gasteiger partial charge in [-0.2, -0.15) is 0 Å². The molecule has 0 aromatic heterocycles. The SMILES string of the molecule is CCOc1ccccc1CCCNC(=O)CN(c1ccc(Cl)cc1C)S(=O)(=O)c1ccccc1. The van der Waals surface area contributed by atoms with E-state index in [0.29, 0.717) is 35.8 Å². The van der Waals surface area contributed by atoms with Gasteiger partial charge in [-0.3, -0.25) is 9.10 Å². The summed E-state index contributed by atoms with van der Waals surface area (Å²) in [6, 6.07) is 20.8. The zero-order chi connectivity index (χ0) is 24.6. The van der Waals surface area contributed by atoms with Crippen LogP contribution >= 0.6 is 11.6 Å². The summed E-state index contributed by atoms with van der Waals surface area (Å²) in [5, 5.41) is 3.34. The second-order valence-electron chi connectivity index (χ2n) is 7.75. The van der Waals surface area contributed by atoms with Gasteiger partial charge in [0.15, 0.2) is 0 Å². The van der Waals surface area contributed by atoms with E-state index in [0.717, 1.165) is 22.0 Å². The second-order valence-corrected chi connectivity index (χ2v) is 10.0. The van der Waals surface area contributed by atoms with E-state index in [4.69, 9.17) is 16.3 Å². The highest BCUT2D eigenvalue weighted by atomic mass is 35.5. The highest BCUT2D eigenvalue weighted by Gasteiger charge is 2.28. The normalized spacial score (nSPS) is 11.1. The molecule has 0 aliphatic heterocycles. The van der Waals surface area contributed by atoms with Crippen LogP contribution in [0, 0.1) is 6.92 Å². The number of hydrogen-bond acceptors (Lipinski definition) is 4. The number of carbonyl (C=O) groups excluding carboxylic acids is 1. The molecule has 0 aliphatic carbocycles. The minimum atomic E-state index is -3.96. The van der Waals surface area contributed by atoms with Crippen molar-refractivity contribution in [2.24, 2.45) is 0 Å². The van der Waals surface area contributed by atoms with Crippen LogP contribution in [0.15, 0.2) is 77.7 Å². The van der Waals surface area contributed by atoms with Gasteiger partial charge < -0.3 is 10.1 Å². The smallest absolute Gasteiger partial charge is 0.264 e. The number of hydrogen-bond donors (Lipinski definition) is 1. The molecule has 0 radical (unpaired) electrons. The maximum Gasteiger partial charge on any atom is 0.264 e. The van der Waals surface area contributed by atoms with Gasteiger partial charge in [0.1, 0.15) is 12.3 Å². The largest absolute Gasteiger partial charge is 0.494 e. The number of halogens is 1. The van der Waals surface area contributed by atoms with E-state index in [-0.39, 0.29) is 17.3 Å². The molecule has 180 valence electrons. The first-order valence-corrected chi connectivity index (χ1v) is 13.0. The van der Waals surface area contributed by atoms with Crippen molar-refractivity contribution in [1.82, 2.24) is 5.32 Å². The first-order valence-electron chi connectivity index (χ1n) is 11.1. The summed E-state index contributed by atoms with van der Waals surface area (Å²) in [6.45, 7) is 4.37. The Morgan fingerprint density at radius 1 is 1.03 bits per heavy atom. The molecule has 0 heterocycles. The van der Waals surface area contributed by atoms with E-state index in [1.165, 1.54) is 12.1 Å². The average molecular weight is 501 g/mol.